The van der Waals surface area contributed by atoms with Crippen molar-refractivity contribution in [3.05, 3.63) is 69.5 Å². The first kappa shape index (κ1) is 19.0. The van der Waals surface area contributed by atoms with Crippen molar-refractivity contribution in [2.45, 2.75) is 38.8 Å². The number of non-ortho nitro benzene ring substituents is 1. The van der Waals surface area contributed by atoms with Gasteiger partial charge in [-0.25, -0.2) is 4.39 Å². The highest BCUT2D eigenvalue weighted by Gasteiger charge is 2.29. The van der Waals surface area contributed by atoms with E-state index in [1.165, 1.54) is 24.3 Å². The van der Waals surface area contributed by atoms with Gasteiger partial charge in [0.05, 0.1) is 10.6 Å². The maximum absolute atomic E-state index is 13.1. The highest BCUT2D eigenvalue weighted by Crippen LogP contribution is 2.28. The number of hydrogen-bond donors (Lipinski definition) is 1. The topological polar surface area (TPSA) is 75.5 Å². The fourth-order valence-corrected chi connectivity index (χ4v) is 2.97. The third kappa shape index (κ3) is 5.34. The van der Waals surface area contributed by atoms with Crippen LogP contribution in [0.2, 0.25) is 0 Å². The van der Waals surface area contributed by atoms with Crippen molar-refractivity contribution >= 4 is 17.3 Å². The van der Waals surface area contributed by atoms with E-state index in [1.54, 1.807) is 25.1 Å². The molecule has 0 spiro atoms. The van der Waals surface area contributed by atoms with Crippen LogP contribution in [0.15, 0.2) is 42.5 Å². The fraction of sp³-hybridized carbons (Fsp3) is 0.350. The van der Waals surface area contributed by atoms with E-state index in [0.29, 0.717) is 31.2 Å². The van der Waals surface area contributed by atoms with E-state index < -0.39 is 4.92 Å². The molecule has 0 saturated heterocycles. The molecule has 1 aliphatic carbocycles. The SMILES string of the molecule is Cc1ccc([N+](=O)[O-])cc1NC(=O)CCN(Cc1ccc(F)cc1)C1CC1. The number of carbonyl (C=O) groups excluding carboxylic acids is 1. The van der Waals surface area contributed by atoms with Crippen molar-refractivity contribution < 1.29 is 14.1 Å². The largest absolute Gasteiger partial charge is 0.326 e. The number of nitro groups is 1. The molecule has 2 aromatic carbocycles. The van der Waals surface area contributed by atoms with Gasteiger partial charge in [-0.3, -0.25) is 19.8 Å². The fourth-order valence-electron chi connectivity index (χ4n) is 2.97. The van der Waals surface area contributed by atoms with Crippen molar-refractivity contribution in [2.24, 2.45) is 0 Å². The quantitative estimate of drug-likeness (QED) is 0.561. The monoisotopic (exact) mass is 371 g/mol. The van der Waals surface area contributed by atoms with E-state index in [-0.39, 0.29) is 17.4 Å². The van der Waals surface area contributed by atoms with Crippen LogP contribution in [0.1, 0.15) is 30.4 Å². The van der Waals surface area contributed by atoms with Gasteiger partial charge in [0.2, 0.25) is 5.91 Å². The van der Waals surface area contributed by atoms with Gasteiger partial charge in [-0.05, 0) is 43.0 Å². The second kappa shape index (κ2) is 8.26. The third-order valence-corrected chi connectivity index (χ3v) is 4.69. The van der Waals surface area contributed by atoms with Crippen LogP contribution >= 0.6 is 0 Å². The number of nitrogens with zero attached hydrogens (tertiary/aromatic N) is 2. The summed E-state index contributed by atoms with van der Waals surface area (Å²) < 4.78 is 13.1. The Morgan fingerprint density at radius 2 is 1.96 bits per heavy atom. The minimum Gasteiger partial charge on any atom is -0.326 e. The van der Waals surface area contributed by atoms with Crippen LogP contribution in [0, 0.1) is 22.9 Å². The Morgan fingerprint density at radius 3 is 2.59 bits per heavy atom. The minimum absolute atomic E-state index is 0.0492. The number of anilines is 1. The summed E-state index contributed by atoms with van der Waals surface area (Å²) in [6.45, 7) is 3.06. The first-order valence-corrected chi connectivity index (χ1v) is 8.96. The van der Waals surface area contributed by atoms with Crippen LogP contribution in [0.4, 0.5) is 15.8 Å². The standard InChI is InChI=1S/C20H22FN3O3/c1-14-2-7-18(24(26)27)12-19(14)22-20(25)10-11-23(17-8-9-17)13-15-3-5-16(21)6-4-15/h2-7,12,17H,8-11,13H2,1H3,(H,22,25). The van der Waals surface area contributed by atoms with Crippen LogP contribution < -0.4 is 5.32 Å². The van der Waals surface area contributed by atoms with Gasteiger partial charge in [-0.15, -0.1) is 0 Å². The van der Waals surface area contributed by atoms with E-state index in [9.17, 15) is 19.3 Å². The van der Waals surface area contributed by atoms with E-state index in [1.807, 2.05) is 0 Å². The second-order valence-corrected chi connectivity index (χ2v) is 6.88. The number of rotatable bonds is 8. The van der Waals surface area contributed by atoms with Gasteiger partial charge >= 0.3 is 0 Å². The van der Waals surface area contributed by atoms with E-state index in [2.05, 4.69) is 10.2 Å². The number of benzene rings is 2. The lowest BCUT2D eigenvalue weighted by atomic mass is 10.1. The highest BCUT2D eigenvalue weighted by molar-refractivity contribution is 5.92. The first-order valence-electron chi connectivity index (χ1n) is 8.96. The van der Waals surface area contributed by atoms with Crippen molar-refractivity contribution in [1.29, 1.82) is 0 Å². The molecule has 142 valence electrons. The Kier molecular flexibility index (Phi) is 5.81. The number of aryl methyl sites for hydroxylation is 1. The Bertz CT molecular complexity index is 835. The molecule has 0 aliphatic heterocycles. The van der Waals surface area contributed by atoms with Crippen molar-refractivity contribution in [1.82, 2.24) is 4.90 Å². The molecule has 0 aromatic heterocycles. The molecular weight excluding hydrogens is 349 g/mol. The first-order chi connectivity index (χ1) is 12.9. The van der Waals surface area contributed by atoms with Gasteiger partial charge in [0, 0.05) is 37.7 Å². The molecule has 6 nitrogen and oxygen atoms in total. The van der Waals surface area contributed by atoms with E-state index in [4.69, 9.17) is 0 Å². The Morgan fingerprint density at radius 1 is 1.26 bits per heavy atom. The lowest BCUT2D eigenvalue weighted by molar-refractivity contribution is -0.384. The zero-order chi connectivity index (χ0) is 19.4. The molecular formula is C20H22FN3O3. The lowest BCUT2D eigenvalue weighted by Crippen LogP contribution is -2.29. The second-order valence-electron chi connectivity index (χ2n) is 6.88. The van der Waals surface area contributed by atoms with Crippen LogP contribution in [-0.4, -0.2) is 28.3 Å². The third-order valence-electron chi connectivity index (χ3n) is 4.69. The van der Waals surface area contributed by atoms with Crippen molar-refractivity contribution in [3.63, 3.8) is 0 Å². The maximum atomic E-state index is 13.1. The molecule has 2 aromatic rings. The Labute approximate surface area is 157 Å². The summed E-state index contributed by atoms with van der Waals surface area (Å²) in [7, 11) is 0. The van der Waals surface area contributed by atoms with Crippen molar-refractivity contribution in [3.8, 4) is 0 Å². The number of amides is 1. The minimum atomic E-state index is -0.480. The highest BCUT2D eigenvalue weighted by atomic mass is 19.1. The number of hydrogen-bond acceptors (Lipinski definition) is 4. The number of carbonyl (C=O) groups is 1. The predicted molar refractivity (Wildman–Crippen MR) is 101 cm³/mol. The summed E-state index contributed by atoms with van der Waals surface area (Å²) in [5, 5.41) is 13.7. The molecule has 0 heterocycles. The molecule has 0 radical (unpaired) electrons. The number of nitrogens with one attached hydrogen (secondary N) is 1. The zero-order valence-electron chi connectivity index (χ0n) is 15.2. The summed E-state index contributed by atoms with van der Waals surface area (Å²) in [6, 6.07) is 11.3. The van der Waals surface area contributed by atoms with Crippen LogP contribution in [-0.2, 0) is 11.3 Å². The number of halogens is 1. The molecule has 1 fully saturated rings. The summed E-state index contributed by atoms with van der Waals surface area (Å²) in [5.41, 5.74) is 2.20. The van der Waals surface area contributed by atoms with Crippen LogP contribution in [0.25, 0.3) is 0 Å². The Hall–Kier alpha value is -2.80. The van der Waals surface area contributed by atoms with E-state index in [0.717, 1.165) is 24.0 Å². The summed E-state index contributed by atoms with van der Waals surface area (Å²) in [4.78, 5) is 25.0. The predicted octanol–water partition coefficient (Wildman–Crippen LogP) is 4.04. The molecule has 0 atom stereocenters. The van der Waals surface area contributed by atoms with Gasteiger partial charge in [-0.1, -0.05) is 18.2 Å². The smallest absolute Gasteiger partial charge is 0.271 e. The molecule has 27 heavy (non-hydrogen) atoms. The molecule has 1 saturated carbocycles. The van der Waals surface area contributed by atoms with Crippen LogP contribution in [0.5, 0.6) is 0 Å². The lowest BCUT2D eigenvalue weighted by Gasteiger charge is -2.22. The molecule has 0 unspecified atom stereocenters. The van der Waals surface area contributed by atoms with Crippen LogP contribution in [0.3, 0.4) is 0 Å². The zero-order valence-corrected chi connectivity index (χ0v) is 15.2. The molecule has 7 heteroatoms. The molecule has 3 rings (SSSR count). The average Bonchev–Trinajstić information content (AvgIpc) is 3.47. The van der Waals surface area contributed by atoms with Gasteiger partial charge in [-0.2, -0.15) is 0 Å². The van der Waals surface area contributed by atoms with Gasteiger partial charge in [0.1, 0.15) is 5.82 Å². The van der Waals surface area contributed by atoms with Gasteiger partial charge in [0.25, 0.3) is 5.69 Å². The van der Waals surface area contributed by atoms with Gasteiger partial charge < -0.3 is 5.32 Å². The van der Waals surface area contributed by atoms with E-state index >= 15 is 0 Å². The molecule has 1 amide bonds. The normalized spacial score (nSPS) is 13.6. The summed E-state index contributed by atoms with van der Waals surface area (Å²) >= 11 is 0. The average molecular weight is 371 g/mol. The molecule has 1 N–H and O–H groups in total. The molecule has 0 bridgehead atoms. The number of nitro benzene ring substituents is 1. The van der Waals surface area contributed by atoms with Gasteiger partial charge in [0.15, 0.2) is 0 Å². The summed E-state index contributed by atoms with van der Waals surface area (Å²) in [6.07, 6.45) is 2.50. The maximum Gasteiger partial charge on any atom is 0.271 e. The summed E-state index contributed by atoms with van der Waals surface area (Å²) in [5.74, 6) is -0.438. The molecule has 1 aliphatic rings. The Balaban J connectivity index is 1.57. The van der Waals surface area contributed by atoms with Crippen molar-refractivity contribution in [2.75, 3.05) is 11.9 Å².